The number of carbonyl (C=O) groups is 2. The van der Waals surface area contributed by atoms with Crippen molar-refractivity contribution in [1.29, 1.82) is 0 Å². The minimum atomic E-state index is -1.14. The predicted molar refractivity (Wildman–Crippen MR) is 111 cm³/mol. The monoisotopic (exact) mass is 450 g/mol. The highest BCUT2D eigenvalue weighted by atomic mass is 35.5. The number of thiazole rings is 1. The second kappa shape index (κ2) is 8.89. The summed E-state index contributed by atoms with van der Waals surface area (Å²) < 4.78 is 32.4. The SMILES string of the molecule is CC(=O)N(c1nc(COC(=O)c2c(F)cccc2F)cs1)c1c(C)cc(C)cc1Cl. The van der Waals surface area contributed by atoms with E-state index in [0.717, 1.165) is 40.7 Å². The molecule has 0 atom stereocenters. The highest BCUT2D eigenvalue weighted by molar-refractivity contribution is 7.14. The summed E-state index contributed by atoms with van der Waals surface area (Å²) in [6.45, 7) is 4.81. The first-order chi connectivity index (χ1) is 14.2. The van der Waals surface area contributed by atoms with Crippen LogP contribution in [0.3, 0.4) is 0 Å². The van der Waals surface area contributed by atoms with Crippen LogP contribution in [0.2, 0.25) is 5.02 Å². The van der Waals surface area contributed by atoms with E-state index < -0.39 is 23.2 Å². The second-order valence-electron chi connectivity index (χ2n) is 6.56. The maximum absolute atomic E-state index is 13.7. The fourth-order valence-electron chi connectivity index (χ4n) is 2.95. The summed E-state index contributed by atoms with van der Waals surface area (Å²) in [5.74, 6) is -3.45. The zero-order valence-corrected chi connectivity index (χ0v) is 17.9. The van der Waals surface area contributed by atoms with Crippen LogP contribution in [-0.2, 0) is 16.1 Å². The Morgan fingerprint density at radius 3 is 2.47 bits per heavy atom. The molecule has 9 heteroatoms. The van der Waals surface area contributed by atoms with Crippen molar-refractivity contribution in [3.8, 4) is 0 Å². The first-order valence-electron chi connectivity index (χ1n) is 8.82. The zero-order chi connectivity index (χ0) is 22.0. The lowest BCUT2D eigenvalue weighted by atomic mass is 10.1. The number of benzene rings is 2. The first kappa shape index (κ1) is 21.9. The Hall–Kier alpha value is -2.84. The number of carbonyl (C=O) groups excluding carboxylic acids is 2. The van der Waals surface area contributed by atoms with Crippen molar-refractivity contribution in [2.45, 2.75) is 27.4 Å². The Bertz CT molecular complexity index is 1090. The smallest absolute Gasteiger partial charge is 0.344 e. The molecule has 0 aliphatic heterocycles. The fourth-order valence-corrected chi connectivity index (χ4v) is 4.21. The summed E-state index contributed by atoms with van der Waals surface area (Å²) in [6.07, 6.45) is 0. The van der Waals surface area contributed by atoms with Gasteiger partial charge in [0.15, 0.2) is 5.13 Å². The molecule has 0 fully saturated rings. The van der Waals surface area contributed by atoms with Crippen LogP contribution in [0.4, 0.5) is 19.6 Å². The normalized spacial score (nSPS) is 10.7. The van der Waals surface area contributed by atoms with Gasteiger partial charge in [-0.15, -0.1) is 11.3 Å². The summed E-state index contributed by atoms with van der Waals surface area (Å²) in [4.78, 5) is 30.1. The minimum Gasteiger partial charge on any atom is -0.455 e. The van der Waals surface area contributed by atoms with Gasteiger partial charge in [-0.1, -0.05) is 23.7 Å². The van der Waals surface area contributed by atoms with Gasteiger partial charge in [0.2, 0.25) is 5.91 Å². The van der Waals surface area contributed by atoms with Gasteiger partial charge in [-0.25, -0.2) is 18.6 Å². The topological polar surface area (TPSA) is 59.5 Å². The summed E-state index contributed by atoms with van der Waals surface area (Å²) >= 11 is 7.53. The Morgan fingerprint density at radius 2 is 1.87 bits per heavy atom. The molecule has 0 aliphatic rings. The number of aromatic nitrogens is 1. The number of hydrogen-bond donors (Lipinski definition) is 0. The van der Waals surface area contributed by atoms with Gasteiger partial charge in [-0.3, -0.25) is 9.69 Å². The van der Waals surface area contributed by atoms with Crippen molar-refractivity contribution < 1.29 is 23.1 Å². The van der Waals surface area contributed by atoms with E-state index in [0.29, 0.717) is 21.5 Å². The number of amides is 1. The van der Waals surface area contributed by atoms with Crippen LogP contribution >= 0.6 is 22.9 Å². The molecule has 156 valence electrons. The minimum absolute atomic E-state index is 0.296. The number of aryl methyl sites for hydroxylation is 2. The molecule has 0 aliphatic carbocycles. The van der Waals surface area contributed by atoms with Gasteiger partial charge in [-0.2, -0.15) is 0 Å². The van der Waals surface area contributed by atoms with Crippen LogP contribution in [0.25, 0.3) is 0 Å². The van der Waals surface area contributed by atoms with Gasteiger partial charge in [0.05, 0.1) is 16.4 Å². The molecule has 1 amide bonds. The van der Waals surface area contributed by atoms with E-state index in [2.05, 4.69) is 4.98 Å². The Balaban J connectivity index is 1.83. The summed E-state index contributed by atoms with van der Waals surface area (Å²) in [7, 11) is 0. The number of anilines is 2. The number of hydrogen-bond acceptors (Lipinski definition) is 5. The van der Waals surface area contributed by atoms with Crippen molar-refractivity contribution in [2.24, 2.45) is 0 Å². The van der Waals surface area contributed by atoms with Crippen molar-refractivity contribution >= 4 is 45.6 Å². The predicted octanol–water partition coefficient (Wildman–Crippen LogP) is 5.73. The molecular formula is C21H17ClF2N2O3S. The molecule has 2 aromatic carbocycles. The van der Waals surface area contributed by atoms with E-state index >= 15 is 0 Å². The second-order valence-corrected chi connectivity index (χ2v) is 7.80. The maximum Gasteiger partial charge on any atom is 0.344 e. The third kappa shape index (κ3) is 4.49. The van der Waals surface area contributed by atoms with Crippen molar-refractivity contribution in [2.75, 3.05) is 4.90 Å². The van der Waals surface area contributed by atoms with Gasteiger partial charge in [0.1, 0.15) is 23.8 Å². The maximum atomic E-state index is 13.7. The molecular weight excluding hydrogens is 434 g/mol. The van der Waals surface area contributed by atoms with Crippen molar-refractivity contribution in [3.05, 3.63) is 74.8 Å². The zero-order valence-electron chi connectivity index (χ0n) is 16.3. The van der Waals surface area contributed by atoms with Crippen LogP contribution in [0.15, 0.2) is 35.7 Å². The molecule has 5 nitrogen and oxygen atoms in total. The molecule has 1 heterocycles. The quantitative estimate of drug-likeness (QED) is 0.465. The van der Waals surface area contributed by atoms with Crippen molar-refractivity contribution in [3.63, 3.8) is 0 Å². The number of esters is 1. The average molecular weight is 451 g/mol. The fraction of sp³-hybridized carbons (Fsp3) is 0.190. The van der Waals surface area contributed by atoms with Gasteiger partial charge >= 0.3 is 5.97 Å². The lowest BCUT2D eigenvalue weighted by molar-refractivity contribution is -0.115. The van der Waals surface area contributed by atoms with Gasteiger partial charge in [-0.05, 0) is 43.2 Å². The van der Waals surface area contributed by atoms with Crippen LogP contribution in [0, 0.1) is 25.5 Å². The van der Waals surface area contributed by atoms with Crippen LogP contribution in [-0.4, -0.2) is 16.9 Å². The van der Waals surface area contributed by atoms with E-state index in [1.54, 1.807) is 11.4 Å². The number of nitrogens with zero attached hydrogens (tertiary/aromatic N) is 2. The number of rotatable bonds is 5. The highest BCUT2D eigenvalue weighted by Gasteiger charge is 2.23. The van der Waals surface area contributed by atoms with E-state index in [9.17, 15) is 18.4 Å². The average Bonchev–Trinajstić information content (AvgIpc) is 3.10. The molecule has 3 aromatic rings. The standard InChI is InChI=1S/C21H17ClF2N2O3S/c1-11-7-12(2)19(15(22)8-11)26(13(3)27)21-25-14(10-30-21)9-29-20(28)18-16(23)5-4-6-17(18)24/h4-8,10H,9H2,1-3H3. The van der Waals surface area contributed by atoms with Gasteiger partial charge in [0, 0.05) is 12.3 Å². The van der Waals surface area contributed by atoms with Crippen LogP contribution < -0.4 is 4.90 Å². The summed E-state index contributed by atoms with van der Waals surface area (Å²) in [6, 6.07) is 6.75. The molecule has 0 bridgehead atoms. The third-order valence-corrected chi connectivity index (χ3v) is 5.35. The molecule has 0 saturated heterocycles. The van der Waals surface area contributed by atoms with E-state index in [1.165, 1.54) is 11.8 Å². The van der Waals surface area contributed by atoms with Crippen molar-refractivity contribution in [1.82, 2.24) is 4.98 Å². The lowest BCUT2D eigenvalue weighted by Crippen LogP contribution is -2.24. The van der Waals surface area contributed by atoms with Crippen LogP contribution in [0.1, 0.15) is 34.1 Å². The van der Waals surface area contributed by atoms with Gasteiger partial charge < -0.3 is 4.74 Å². The number of ether oxygens (including phenoxy) is 1. The first-order valence-corrected chi connectivity index (χ1v) is 10.1. The summed E-state index contributed by atoms with van der Waals surface area (Å²) in [5.41, 5.74) is 1.83. The highest BCUT2D eigenvalue weighted by Crippen LogP contribution is 2.37. The van der Waals surface area contributed by atoms with E-state index in [4.69, 9.17) is 16.3 Å². The Kier molecular flexibility index (Phi) is 6.48. The summed E-state index contributed by atoms with van der Waals surface area (Å²) in [5, 5.41) is 2.33. The largest absolute Gasteiger partial charge is 0.455 e. The molecule has 0 radical (unpaired) electrons. The number of halogens is 3. The molecule has 0 spiro atoms. The lowest BCUT2D eigenvalue weighted by Gasteiger charge is -2.22. The van der Waals surface area contributed by atoms with Crippen LogP contribution in [0.5, 0.6) is 0 Å². The third-order valence-electron chi connectivity index (χ3n) is 4.19. The molecule has 1 aromatic heterocycles. The molecule has 3 rings (SSSR count). The Morgan fingerprint density at radius 1 is 1.20 bits per heavy atom. The molecule has 0 unspecified atom stereocenters. The molecule has 30 heavy (non-hydrogen) atoms. The van der Waals surface area contributed by atoms with Gasteiger partial charge in [0.25, 0.3) is 0 Å². The molecule has 0 saturated carbocycles. The van der Waals surface area contributed by atoms with E-state index in [-0.39, 0.29) is 12.5 Å². The van der Waals surface area contributed by atoms with E-state index in [1.807, 2.05) is 19.9 Å². The Labute approximate surface area is 180 Å². The molecule has 0 N–H and O–H groups in total.